The molecule has 2 unspecified atom stereocenters. The molecule has 18 heavy (non-hydrogen) atoms. The van der Waals surface area contributed by atoms with Crippen LogP contribution in [0.5, 0.6) is 5.75 Å². The third-order valence-electron chi connectivity index (χ3n) is 2.64. The van der Waals surface area contributed by atoms with Gasteiger partial charge in [-0.25, -0.2) is 0 Å². The lowest BCUT2D eigenvalue weighted by Gasteiger charge is -2.18. The van der Waals surface area contributed by atoms with Crippen LogP contribution in [0.4, 0.5) is 0 Å². The summed E-state index contributed by atoms with van der Waals surface area (Å²) in [5, 5.41) is 22.3. The van der Waals surface area contributed by atoms with E-state index in [0.29, 0.717) is 24.3 Å². The largest absolute Gasteiger partial charge is 0.497 e. The Morgan fingerprint density at radius 2 is 1.94 bits per heavy atom. The molecule has 0 saturated heterocycles. The Hall–Kier alpha value is -1.59. The van der Waals surface area contributed by atoms with Crippen molar-refractivity contribution in [1.82, 2.24) is 5.32 Å². The minimum Gasteiger partial charge on any atom is -0.497 e. The Labute approximate surface area is 106 Å². The number of hydrogen-bond donors (Lipinski definition) is 3. The van der Waals surface area contributed by atoms with Crippen LogP contribution in [-0.4, -0.2) is 35.9 Å². The molecule has 1 aromatic carbocycles. The van der Waals surface area contributed by atoms with Crippen LogP contribution < -0.4 is 10.1 Å². The van der Waals surface area contributed by atoms with Crippen LogP contribution in [0.3, 0.4) is 0 Å². The van der Waals surface area contributed by atoms with E-state index >= 15 is 0 Å². The SMILES string of the molecule is COc1ccc(C(O)C(O)CCNC(C)=O)cc1. The van der Waals surface area contributed by atoms with Gasteiger partial charge in [0.2, 0.25) is 5.91 Å². The maximum Gasteiger partial charge on any atom is 0.216 e. The molecule has 0 radical (unpaired) electrons. The molecule has 100 valence electrons. The van der Waals surface area contributed by atoms with E-state index in [0.717, 1.165) is 0 Å². The van der Waals surface area contributed by atoms with E-state index in [1.807, 2.05) is 0 Å². The first-order valence-corrected chi connectivity index (χ1v) is 5.79. The predicted octanol–water partition coefficient (Wildman–Crippen LogP) is 0.616. The molecular formula is C13H19NO4. The Balaban J connectivity index is 2.51. The van der Waals surface area contributed by atoms with Gasteiger partial charge in [0.25, 0.3) is 0 Å². The van der Waals surface area contributed by atoms with Crippen LogP contribution in [0, 0.1) is 0 Å². The molecule has 0 spiro atoms. The third-order valence-corrected chi connectivity index (χ3v) is 2.64. The number of ether oxygens (including phenoxy) is 1. The van der Waals surface area contributed by atoms with Gasteiger partial charge >= 0.3 is 0 Å². The van der Waals surface area contributed by atoms with Gasteiger partial charge in [-0.05, 0) is 24.1 Å². The third kappa shape index (κ3) is 4.35. The second kappa shape index (κ2) is 6.98. The van der Waals surface area contributed by atoms with Crippen molar-refractivity contribution < 1.29 is 19.7 Å². The van der Waals surface area contributed by atoms with Gasteiger partial charge in [0.1, 0.15) is 11.9 Å². The fourth-order valence-corrected chi connectivity index (χ4v) is 1.58. The number of rotatable bonds is 6. The minimum atomic E-state index is -0.968. The van der Waals surface area contributed by atoms with Crippen LogP contribution in [0.25, 0.3) is 0 Å². The smallest absolute Gasteiger partial charge is 0.216 e. The first kappa shape index (κ1) is 14.5. The van der Waals surface area contributed by atoms with Crippen LogP contribution >= 0.6 is 0 Å². The molecule has 0 aliphatic rings. The fraction of sp³-hybridized carbons (Fsp3) is 0.462. The molecule has 0 aromatic heterocycles. The van der Waals surface area contributed by atoms with Crippen molar-refractivity contribution in [3.05, 3.63) is 29.8 Å². The molecule has 0 bridgehead atoms. The van der Waals surface area contributed by atoms with Gasteiger partial charge in [0.15, 0.2) is 0 Å². The van der Waals surface area contributed by atoms with Crippen molar-refractivity contribution in [2.24, 2.45) is 0 Å². The Morgan fingerprint density at radius 1 is 1.33 bits per heavy atom. The average molecular weight is 253 g/mol. The molecule has 0 aliphatic heterocycles. The summed E-state index contributed by atoms with van der Waals surface area (Å²) in [6.45, 7) is 1.75. The molecule has 1 aromatic rings. The van der Waals surface area contributed by atoms with Gasteiger partial charge in [0.05, 0.1) is 13.2 Å². The standard InChI is InChI=1S/C13H19NO4/c1-9(15)14-8-7-12(16)13(17)10-3-5-11(18-2)6-4-10/h3-6,12-13,16-17H,7-8H2,1-2H3,(H,14,15). The van der Waals surface area contributed by atoms with Crippen molar-refractivity contribution in [2.75, 3.05) is 13.7 Å². The van der Waals surface area contributed by atoms with Gasteiger partial charge < -0.3 is 20.3 Å². The lowest BCUT2D eigenvalue weighted by atomic mass is 10.0. The lowest BCUT2D eigenvalue weighted by molar-refractivity contribution is -0.119. The van der Waals surface area contributed by atoms with E-state index in [2.05, 4.69) is 5.32 Å². The molecule has 0 fully saturated rings. The van der Waals surface area contributed by atoms with Crippen LogP contribution in [-0.2, 0) is 4.79 Å². The number of aliphatic hydroxyl groups is 2. The van der Waals surface area contributed by atoms with Gasteiger partial charge in [-0.1, -0.05) is 12.1 Å². The van der Waals surface area contributed by atoms with Gasteiger partial charge in [0, 0.05) is 13.5 Å². The van der Waals surface area contributed by atoms with E-state index in [-0.39, 0.29) is 5.91 Å². The molecular weight excluding hydrogens is 234 g/mol. The molecule has 0 heterocycles. The maximum atomic E-state index is 10.7. The Kier molecular flexibility index (Phi) is 5.61. The quantitative estimate of drug-likeness (QED) is 0.694. The first-order valence-electron chi connectivity index (χ1n) is 5.79. The van der Waals surface area contributed by atoms with Crippen molar-refractivity contribution in [3.63, 3.8) is 0 Å². The number of aliphatic hydroxyl groups excluding tert-OH is 2. The molecule has 0 aliphatic carbocycles. The number of benzene rings is 1. The average Bonchev–Trinajstić information content (AvgIpc) is 2.37. The van der Waals surface area contributed by atoms with Crippen molar-refractivity contribution >= 4 is 5.91 Å². The Bertz CT molecular complexity index is 377. The van der Waals surface area contributed by atoms with Gasteiger partial charge in [-0.15, -0.1) is 0 Å². The summed E-state index contributed by atoms with van der Waals surface area (Å²) in [5.41, 5.74) is 0.617. The highest BCUT2D eigenvalue weighted by atomic mass is 16.5. The van der Waals surface area contributed by atoms with Crippen molar-refractivity contribution in [1.29, 1.82) is 0 Å². The van der Waals surface area contributed by atoms with Crippen LogP contribution in [0.2, 0.25) is 0 Å². The Morgan fingerprint density at radius 3 is 2.44 bits per heavy atom. The number of carbonyl (C=O) groups excluding carboxylic acids is 1. The highest BCUT2D eigenvalue weighted by Gasteiger charge is 2.17. The minimum absolute atomic E-state index is 0.152. The highest BCUT2D eigenvalue weighted by molar-refractivity contribution is 5.72. The zero-order valence-corrected chi connectivity index (χ0v) is 10.6. The predicted molar refractivity (Wildman–Crippen MR) is 67.3 cm³/mol. The highest BCUT2D eigenvalue weighted by Crippen LogP contribution is 2.21. The van der Waals surface area contributed by atoms with E-state index in [4.69, 9.17) is 4.74 Å². The van der Waals surface area contributed by atoms with Crippen LogP contribution in [0.15, 0.2) is 24.3 Å². The fourth-order valence-electron chi connectivity index (χ4n) is 1.58. The zero-order valence-electron chi connectivity index (χ0n) is 10.6. The summed E-state index contributed by atoms with van der Waals surface area (Å²) in [4.78, 5) is 10.7. The monoisotopic (exact) mass is 253 g/mol. The number of methoxy groups -OCH3 is 1. The number of hydrogen-bond acceptors (Lipinski definition) is 4. The summed E-state index contributed by atoms with van der Waals surface area (Å²) in [6.07, 6.45) is -1.58. The van der Waals surface area contributed by atoms with E-state index < -0.39 is 12.2 Å². The number of nitrogens with one attached hydrogen (secondary N) is 1. The second-order valence-corrected chi connectivity index (χ2v) is 4.06. The summed E-state index contributed by atoms with van der Waals surface area (Å²) in [6, 6.07) is 6.84. The van der Waals surface area contributed by atoms with Crippen LogP contribution in [0.1, 0.15) is 25.0 Å². The number of carbonyl (C=O) groups is 1. The summed E-state index contributed by atoms with van der Waals surface area (Å²) < 4.78 is 5.01. The summed E-state index contributed by atoms with van der Waals surface area (Å²) in [5.74, 6) is 0.542. The normalized spacial score (nSPS) is 13.8. The van der Waals surface area contributed by atoms with Gasteiger partial charge in [-0.2, -0.15) is 0 Å². The molecule has 0 saturated carbocycles. The maximum absolute atomic E-state index is 10.7. The van der Waals surface area contributed by atoms with E-state index in [1.54, 1.807) is 31.4 Å². The van der Waals surface area contributed by atoms with Gasteiger partial charge in [-0.3, -0.25) is 4.79 Å². The molecule has 1 amide bonds. The molecule has 5 heteroatoms. The lowest BCUT2D eigenvalue weighted by Crippen LogP contribution is -2.27. The van der Waals surface area contributed by atoms with E-state index in [9.17, 15) is 15.0 Å². The molecule has 3 N–H and O–H groups in total. The zero-order chi connectivity index (χ0) is 13.5. The topological polar surface area (TPSA) is 78.8 Å². The van der Waals surface area contributed by atoms with Crippen molar-refractivity contribution in [2.45, 2.75) is 25.6 Å². The van der Waals surface area contributed by atoms with Crippen molar-refractivity contribution in [3.8, 4) is 5.75 Å². The molecule has 1 rings (SSSR count). The second-order valence-electron chi connectivity index (χ2n) is 4.06. The summed E-state index contributed by atoms with van der Waals surface area (Å²) >= 11 is 0. The molecule has 5 nitrogen and oxygen atoms in total. The number of amides is 1. The molecule has 2 atom stereocenters. The van der Waals surface area contributed by atoms with E-state index in [1.165, 1.54) is 6.92 Å². The summed E-state index contributed by atoms with van der Waals surface area (Å²) in [7, 11) is 1.56. The first-order chi connectivity index (χ1) is 8.54.